The van der Waals surface area contributed by atoms with Crippen molar-refractivity contribution in [3.63, 3.8) is 0 Å². The molecule has 6 N–H and O–H groups in total. The van der Waals surface area contributed by atoms with Crippen molar-refractivity contribution in [3.05, 3.63) is 66.2 Å². The predicted octanol–water partition coefficient (Wildman–Crippen LogP) is 1.68. The SMILES string of the molecule is CC(C)C[C@@H](CO)NC(=O)[C@H](Cc1cnc[nH]1)NC(=O)[C@@H](N)Cc1cccc2ccccc12. The van der Waals surface area contributed by atoms with Crippen LogP contribution < -0.4 is 16.4 Å². The summed E-state index contributed by atoms with van der Waals surface area (Å²) < 4.78 is 0. The lowest BCUT2D eigenvalue weighted by Gasteiger charge is -2.24. The Morgan fingerprint density at radius 1 is 1.06 bits per heavy atom. The molecule has 2 amide bonds. The van der Waals surface area contributed by atoms with Crippen LogP contribution in [0.1, 0.15) is 31.5 Å². The molecule has 3 aromatic rings. The van der Waals surface area contributed by atoms with Crippen LogP contribution in [-0.4, -0.2) is 51.6 Å². The van der Waals surface area contributed by atoms with E-state index in [0.29, 0.717) is 24.5 Å². The van der Waals surface area contributed by atoms with Crippen LogP contribution in [0.2, 0.25) is 0 Å². The van der Waals surface area contributed by atoms with Crippen molar-refractivity contribution in [2.45, 2.75) is 51.2 Å². The van der Waals surface area contributed by atoms with Crippen molar-refractivity contribution >= 4 is 22.6 Å². The Labute approximate surface area is 194 Å². The molecule has 3 atom stereocenters. The molecule has 8 nitrogen and oxygen atoms in total. The Morgan fingerprint density at radius 3 is 2.52 bits per heavy atom. The molecule has 1 heterocycles. The lowest BCUT2D eigenvalue weighted by molar-refractivity contribution is -0.130. The Morgan fingerprint density at radius 2 is 1.82 bits per heavy atom. The van der Waals surface area contributed by atoms with E-state index in [-0.39, 0.29) is 25.0 Å². The average Bonchev–Trinajstić information content (AvgIpc) is 3.31. The molecule has 3 rings (SSSR count). The summed E-state index contributed by atoms with van der Waals surface area (Å²) in [6.45, 7) is 3.87. The standard InChI is InChI=1S/C25H33N5O3/c1-16(2)10-20(14-31)29-25(33)23(12-19-13-27-15-28-19)30-24(32)22(26)11-18-8-5-7-17-6-3-4-9-21(17)18/h3-9,13,15-16,20,22-23,31H,10-12,14,26H2,1-2H3,(H,27,28)(H,29,33)(H,30,32)/t20-,22-,23-/m0/s1. The van der Waals surface area contributed by atoms with E-state index < -0.39 is 18.0 Å². The van der Waals surface area contributed by atoms with Crippen molar-refractivity contribution in [3.8, 4) is 0 Å². The molecule has 176 valence electrons. The summed E-state index contributed by atoms with van der Waals surface area (Å²) in [5.41, 5.74) is 7.94. The number of amides is 2. The molecule has 0 saturated carbocycles. The lowest BCUT2D eigenvalue weighted by atomic mass is 9.98. The second kappa shape index (κ2) is 11.6. The molecular formula is C25H33N5O3. The molecule has 0 radical (unpaired) electrons. The molecule has 8 heteroatoms. The number of aromatic nitrogens is 2. The molecule has 2 aromatic carbocycles. The van der Waals surface area contributed by atoms with Gasteiger partial charge in [0, 0.05) is 18.3 Å². The summed E-state index contributed by atoms with van der Waals surface area (Å²) in [6.07, 6.45) is 4.35. The van der Waals surface area contributed by atoms with Gasteiger partial charge in [-0.1, -0.05) is 56.3 Å². The average molecular weight is 452 g/mol. The van der Waals surface area contributed by atoms with Gasteiger partial charge in [0.05, 0.1) is 25.0 Å². The van der Waals surface area contributed by atoms with Crippen LogP contribution in [0.5, 0.6) is 0 Å². The van der Waals surface area contributed by atoms with Crippen molar-refractivity contribution in [2.24, 2.45) is 11.7 Å². The number of aromatic amines is 1. The van der Waals surface area contributed by atoms with Gasteiger partial charge in [0.15, 0.2) is 0 Å². The van der Waals surface area contributed by atoms with Gasteiger partial charge in [-0.2, -0.15) is 0 Å². The van der Waals surface area contributed by atoms with Gasteiger partial charge in [-0.15, -0.1) is 0 Å². The van der Waals surface area contributed by atoms with Gasteiger partial charge in [0.25, 0.3) is 0 Å². The highest BCUT2D eigenvalue weighted by Crippen LogP contribution is 2.19. The van der Waals surface area contributed by atoms with Crippen molar-refractivity contribution in [1.82, 2.24) is 20.6 Å². The van der Waals surface area contributed by atoms with Crippen molar-refractivity contribution in [1.29, 1.82) is 0 Å². The fourth-order valence-electron chi connectivity index (χ4n) is 3.95. The monoisotopic (exact) mass is 451 g/mol. The summed E-state index contributed by atoms with van der Waals surface area (Å²) in [5.74, 6) is -0.473. The van der Waals surface area contributed by atoms with E-state index in [1.807, 2.05) is 56.3 Å². The number of rotatable bonds is 11. The number of aliphatic hydroxyl groups excluding tert-OH is 1. The molecule has 0 aliphatic rings. The summed E-state index contributed by atoms with van der Waals surface area (Å²) in [5, 5.41) is 17.4. The molecule has 0 aliphatic carbocycles. The smallest absolute Gasteiger partial charge is 0.243 e. The van der Waals surface area contributed by atoms with Crippen molar-refractivity contribution < 1.29 is 14.7 Å². The number of hydrogen-bond acceptors (Lipinski definition) is 5. The number of aliphatic hydroxyl groups is 1. The first-order valence-electron chi connectivity index (χ1n) is 11.3. The number of nitrogens with zero attached hydrogens (tertiary/aromatic N) is 1. The third kappa shape index (κ3) is 6.87. The second-order valence-electron chi connectivity index (χ2n) is 8.81. The van der Waals surface area contributed by atoms with Gasteiger partial charge in [0.1, 0.15) is 6.04 Å². The number of benzene rings is 2. The minimum absolute atomic E-state index is 0.171. The van der Waals surface area contributed by atoms with Gasteiger partial charge in [-0.25, -0.2) is 4.98 Å². The van der Waals surface area contributed by atoms with Crippen LogP contribution in [0.25, 0.3) is 10.8 Å². The van der Waals surface area contributed by atoms with Gasteiger partial charge < -0.3 is 26.5 Å². The normalized spacial score (nSPS) is 14.1. The highest BCUT2D eigenvalue weighted by Gasteiger charge is 2.26. The topological polar surface area (TPSA) is 133 Å². The maximum Gasteiger partial charge on any atom is 0.243 e. The summed E-state index contributed by atoms with van der Waals surface area (Å²) >= 11 is 0. The zero-order valence-electron chi connectivity index (χ0n) is 19.1. The highest BCUT2D eigenvalue weighted by molar-refractivity contribution is 5.91. The molecule has 0 spiro atoms. The molecule has 0 fully saturated rings. The highest BCUT2D eigenvalue weighted by atomic mass is 16.3. The number of H-pyrrole nitrogens is 1. The van der Waals surface area contributed by atoms with Gasteiger partial charge >= 0.3 is 0 Å². The van der Waals surface area contributed by atoms with Crippen LogP contribution in [0.3, 0.4) is 0 Å². The van der Waals surface area contributed by atoms with Crippen LogP contribution in [0.4, 0.5) is 0 Å². The first-order chi connectivity index (χ1) is 15.9. The zero-order valence-corrected chi connectivity index (χ0v) is 19.1. The maximum atomic E-state index is 13.0. The Bertz CT molecular complexity index is 1050. The quantitative estimate of drug-likeness (QED) is 0.303. The molecule has 0 unspecified atom stereocenters. The largest absolute Gasteiger partial charge is 0.394 e. The number of fused-ring (bicyclic) bond motifs is 1. The van der Waals surface area contributed by atoms with Crippen molar-refractivity contribution in [2.75, 3.05) is 6.61 Å². The van der Waals surface area contributed by atoms with E-state index in [0.717, 1.165) is 16.3 Å². The first kappa shape index (κ1) is 24.4. The van der Waals surface area contributed by atoms with E-state index in [9.17, 15) is 14.7 Å². The van der Waals surface area contributed by atoms with Crippen LogP contribution in [0, 0.1) is 5.92 Å². The van der Waals surface area contributed by atoms with Gasteiger partial charge in [-0.3, -0.25) is 9.59 Å². The second-order valence-corrected chi connectivity index (χ2v) is 8.81. The van der Waals surface area contributed by atoms with E-state index in [4.69, 9.17) is 5.73 Å². The minimum atomic E-state index is -0.849. The van der Waals surface area contributed by atoms with E-state index in [2.05, 4.69) is 20.6 Å². The predicted molar refractivity (Wildman–Crippen MR) is 128 cm³/mol. The zero-order chi connectivity index (χ0) is 23.8. The molecule has 1 aromatic heterocycles. The fourth-order valence-corrected chi connectivity index (χ4v) is 3.95. The van der Waals surface area contributed by atoms with Crippen LogP contribution in [0.15, 0.2) is 55.0 Å². The molecule has 0 bridgehead atoms. The number of carbonyl (C=O) groups is 2. The van der Waals surface area contributed by atoms with Crippen LogP contribution in [-0.2, 0) is 22.4 Å². The van der Waals surface area contributed by atoms with Crippen LogP contribution >= 0.6 is 0 Å². The summed E-state index contributed by atoms with van der Waals surface area (Å²) in [6, 6.07) is 11.8. The Kier molecular flexibility index (Phi) is 8.57. The Balaban J connectivity index is 1.71. The third-order valence-corrected chi connectivity index (χ3v) is 5.59. The minimum Gasteiger partial charge on any atom is -0.394 e. The number of nitrogens with one attached hydrogen (secondary N) is 3. The number of nitrogens with two attached hydrogens (primary N) is 1. The number of hydrogen-bond donors (Lipinski definition) is 5. The molecular weight excluding hydrogens is 418 g/mol. The number of imidazole rings is 1. The molecule has 33 heavy (non-hydrogen) atoms. The van der Waals surface area contributed by atoms with Gasteiger partial charge in [-0.05, 0) is 35.1 Å². The lowest BCUT2D eigenvalue weighted by Crippen LogP contribution is -2.55. The molecule has 0 aliphatic heterocycles. The van der Waals surface area contributed by atoms with E-state index in [1.165, 1.54) is 6.33 Å². The third-order valence-electron chi connectivity index (χ3n) is 5.59. The fraction of sp³-hybridized carbons (Fsp3) is 0.400. The maximum absolute atomic E-state index is 13.0. The number of carbonyl (C=O) groups excluding carboxylic acids is 2. The van der Waals surface area contributed by atoms with E-state index in [1.54, 1.807) is 6.20 Å². The first-order valence-corrected chi connectivity index (χ1v) is 11.3. The molecule has 0 saturated heterocycles. The van der Waals surface area contributed by atoms with Gasteiger partial charge in [0.2, 0.25) is 11.8 Å². The van der Waals surface area contributed by atoms with E-state index >= 15 is 0 Å². The summed E-state index contributed by atoms with van der Waals surface area (Å²) in [4.78, 5) is 32.9. The Hall–Kier alpha value is -3.23. The summed E-state index contributed by atoms with van der Waals surface area (Å²) in [7, 11) is 0.